The average molecular weight is 414 g/mol. The molecule has 146 valence electrons. The Bertz CT molecular complexity index is 980. The molecule has 0 aliphatic carbocycles. The van der Waals surface area contributed by atoms with Crippen LogP contribution in [0.2, 0.25) is 0 Å². The summed E-state index contributed by atoms with van der Waals surface area (Å²) in [5, 5.41) is 7.47. The molecular formula is C20H23N5OS2. The minimum atomic E-state index is -0.171. The number of carbonyl (C=O) groups excluding carboxylic acids is 1. The molecule has 0 bridgehead atoms. The highest BCUT2D eigenvalue weighted by atomic mass is 32.2. The third-order valence-electron chi connectivity index (χ3n) is 4.71. The van der Waals surface area contributed by atoms with Gasteiger partial charge < -0.3 is 10.2 Å². The molecule has 8 heteroatoms. The molecule has 0 unspecified atom stereocenters. The molecule has 2 aromatic heterocycles. The lowest BCUT2D eigenvalue weighted by Crippen LogP contribution is -2.33. The number of amides is 1. The molecule has 28 heavy (non-hydrogen) atoms. The Morgan fingerprint density at radius 1 is 1.25 bits per heavy atom. The van der Waals surface area contributed by atoms with Crippen LogP contribution in [-0.2, 0) is 6.54 Å². The van der Waals surface area contributed by atoms with Crippen LogP contribution in [0.15, 0.2) is 41.4 Å². The predicted molar refractivity (Wildman–Crippen MR) is 117 cm³/mol. The Labute approximate surface area is 173 Å². The first kappa shape index (κ1) is 19.1. The number of nitrogens with one attached hydrogen (secondary N) is 1. The molecule has 1 amide bonds. The second-order valence-corrected chi connectivity index (χ2v) is 8.80. The van der Waals surface area contributed by atoms with Gasteiger partial charge in [-0.2, -0.15) is 16.9 Å². The van der Waals surface area contributed by atoms with Crippen molar-refractivity contribution in [3.8, 4) is 0 Å². The summed E-state index contributed by atoms with van der Waals surface area (Å²) in [4.78, 5) is 20.9. The van der Waals surface area contributed by atoms with Gasteiger partial charge in [-0.3, -0.25) is 4.79 Å². The fourth-order valence-electron chi connectivity index (χ4n) is 3.23. The van der Waals surface area contributed by atoms with Crippen molar-refractivity contribution in [2.45, 2.75) is 18.4 Å². The zero-order chi connectivity index (χ0) is 19.5. The Morgan fingerprint density at radius 2 is 2.00 bits per heavy atom. The van der Waals surface area contributed by atoms with E-state index in [1.54, 1.807) is 16.3 Å². The molecule has 6 nitrogen and oxygen atoms in total. The van der Waals surface area contributed by atoms with Crippen molar-refractivity contribution in [1.29, 1.82) is 0 Å². The Kier molecular flexibility index (Phi) is 5.77. The van der Waals surface area contributed by atoms with Gasteiger partial charge in [-0.05, 0) is 30.9 Å². The maximum absolute atomic E-state index is 12.7. The molecule has 1 saturated heterocycles. The fourth-order valence-corrected chi connectivity index (χ4v) is 4.54. The van der Waals surface area contributed by atoms with Crippen molar-refractivity contribution in [2.75, 3.05) is 35.8 Å². The fraction of sp³-hybridized carbons (Fsp3) is 0.350. The summed E-state index contributed by atoms with van der Waals surface area (Å²) < 4.78 is 1.78. The third kappa shape index (κ3) is 4.12. The van der Waals surface area contributed by atoms with Crippen molar-refractivity contribution in [2.24, 2.45) is 0 Å². The van der Waals surface area contributed by atoms with Crippen LogP contribution < -0.4 is 10.2 Å². The molecule has 4 rings (SSSR count). The van der Waals surface area contributed by atoms with E-state index in [1.807, 2.05) is 49.3 Å². The number of aryl methyl sites for hydroxylation is 1. The van der Waals surface area contributed by atoms with E-state index in [-0.39, 0.29) is 5.91 Å². The van der Waals surface area contributed by atoms with E-state index in [0.29, 0.717) is 12.2 Å². The van der Waals surface area contributed by atoms with Gasteiger partial charge >= 0.3 is 0 Å². The number of rotatable bonds is 5. The van der Waals surface area contributed by atoms with Crippen LogP contribution >= 0.6 is 23.5 Å². The predicted octanol–water partition coefficient (Wildman–Crippen LogP) is 3.24. The first-order valence-electron chi connectivity index (χ1n) is 9.25. The van der Waals surface area contributed by atoms with E-state index in [4.69, 9.17) is 4.98 Å². The van der Waals surface area contributed by atoms with Gasteiger partial charge in [0.15, 0.2) is 11.5 Å². The zero-order valence-corrected chi connectivity index (χ0v) is 17.6. The summed E-state index contributed by atoms with van der Waals surface area (Å²) >= 11 is 3.67. The van der Waals surface area contributed by atoms with Crippen LogP contribution in [0.5, 0.6) is 0 Å². The third-order valence-corrected chi connectivity index (χ3v) is 6.40. The second kappa shape index (κ2) is 8.45. The van der Waals surface area contributed by atoms with E-state index < -0.39 is 0 Å². The van der Waals surface area contributed by atoms with Gasteiger partial charge in [-0.15, -0.1) is 11.8 Å². The van der Waals surface area contributed by atoms with Gasteiger partial charge in [0.1, 0.15) is 5.52 Å². The summed E-state index contributed by atoms with van der Waals surface area (Å²) in [6, 6.07) is 10.0. The number of hydrogen-bond acceptors (Lipinski definition) is 6. The monoisotopic (exact) mass is 413 g/mol. The molecule has 0 radical (unpaired) electrons. The van der Waals surface area contributed by atoms with Crippen LogP contribution in [0, 0.1) is 6.92 Å². The van der Waals surface area contributed by atoms with Crippen LogP contribution in [0.25, 0.3) is 5.52 Å². The van der Waals surface area contributed by atoms with Crippen molar-refractivity contribution < 1.29 is 4.79 Å². The van der Waals surface area contributed by atoms with Crippen LogP contribution in [0.4, 0.5) is 5.82 Å². The number of thioether (sulfide) groups is 2. The molecular weight excluding hydrogens is 390 g/mol. The Hall–Kier alpha value is -2.19. The van der Waals surface area contributed by atoms with Crippen LogP contribution in [-0.4, -0.2) is 51.4 Å². The van der Waals surface area contributed by atoms with E-state index in [0.717, 1.165) is 47.2 Å². The quantitative estimate of drug-likeness (QED) is 0.648. The van der Waals surface area contributed by atoms with Gasteiger partial charge in [0.05, 0.1) is 11.9 Å². The smallest absolute Gasteiger partial charge is 0.272 e. The van der Waals surface area contributed by atoms with E-state index in [2.05, 4.69) is 27.4 Å². The van der Waals surface area contributed by atoms with Gasteiger partial charge in [0.2, 0.25) is 0 Å². The summed E-state index contributed by atoms with van der Waals surface area (Å²) in [6.07, 6.45) is 3.92. The number of nitrogens with zero attached hydrogens (tertiary/aromatic N) is 4. The topological polar surface area (TPSA) is 62.5 Å². The first-order valence-corrected chi connectivity index (χ1v) is 11.6. The lowest BCUT2D eigenvalue weighted by atomic mass is 10.2. The summed E-state index contributed by atoms with van der Waals surface area (Å²) in [7, 11) is 0. The number of aromatic nitrogens is 3. The zero-order valence-electron chi connectivity index (χ0n) is 16.0. The molecule has 0 spiro atoms. The highest BCUT2D eigenvalue weighted by Crippen LogP contribution is 2.24. The maximum atomic E-state index is 12.7. The minimum absolute atomic E-state index is 0.171. The number of hydrogen-bond donors (Lipinski definition) is 1. The van der Waals surface area contributed by atoms with Gasteiger partial charge in [0.25, 0.3) is 5.91 Å². The maximum Gasteiger partial charge on any atom is 0.272 e. The number of carbonyl (C=O) groups is 1. The lowest BCUT2D eigenvalue weighted by Gasteiger charge is -2.28. The van der Waals surface area contributed by atoms with E-state index in [1.165, 1.54) is 4.90 Å². The molecule has 1 aliphatic rings. The summed E-state index contributed by atoms with van der Waals surface area (Å²) in [6.45, 7) is 4.38. The first-order chi connectivity index (χ1) is 13.6. The number of benzene rings is 1. The highest BCUT2D eigenvalue weighted by molar-refractivity contribution is 7.99. The SMILES string of the molecule is CSc1ccc(CNC(=O)c2cc3c(N4CCSCC4)nc(C)cn3n2)cc1. The minimum Gasteiger partial charge on any atom is -0.353 e. The summed E-state index contributed by atoms with van der Waals surface area (Å²) in [5.41, 5.74) is 3.26. The summed E-state index contributed by atoms with van der Waals surface area (Å²) in [5.74, 6) is 2.94. The Morgan fingerprint density at radius 3 is 2.71 bits per heavy atom. The molecule has 1 aliphatic heterocycles. The number of fused-ring (bicyclic) bond motifs is 1. The van der Waals surface area contributed by atoms with Gasteiger partial charge in [-0.1, -0.05) is 12.1 Å². The van der Waals surface area contributed by atoms with Crippen molar-refractivity contribution in [3.05, 3.63) is 53.5 Å². The molecule has 0 atom stereocenters. The molecule has 0 saturated carbocycles. The van der Waals surface area contributed by atoms with Crippen molar-refractivity contribution in [1.82, 2.24) is 19.9 Å². The normalized spacial score (nSPS) is 14.4. The highest BCUT2D eigenvalue weighted by Gasteiger charge is 2.19. The number of anilines is 1. The standard InChI is InChI=1S/C20H23N5OS2/c1-14-13-25-18(19(22-14)24-7-9-28-10-8-24)11-17(23-25)20(26)21-12-15-3-5-16(27-2)6-4-15/h3-6,11,13H,7-10,12H2,1-2H3,(H,21,26). The van der Waals surface area contributed by atoms with E-state index in [9.17, 15) is 4.79 Å². The second-order valence-electron chi connectivity index (χ2n) is 6.70. The van der Waals surface area contributed by atoms with Crippen molar-refractivity contribution in [3.63, 3.8) is 0 Å². The molecule has 1 fully saturated rings. The van der Waals surface area contributed by atoms with Crippen LogP contribution in [0.1, 0.15) is 21.7 Å². The average Bonchev–Trinajstić information content (AvgIpc) is 3.16. The Balaban J connectivity index is 1.53. The lowest BCUT2D eigenvalue weighted by molar-refractivity contribution is 0.0945. The van der Waals surface area contributed by atoms with E-state index >= 15 is 0 Å². The van der Waals surface area contributed by atoms with Gasteiger partial charge in [-0.25, -0.2) is 9.50 Å². The van der Waals surface area contributed by atoms with Gasteiger partial charge in [0, 0.05) is 42.1 Å². The molecule has 3 aromatic rings. The van der Waals surface area contributed by atoms with Crippen LogP contribution in [0.3, 0.4) is 0 Å². The largest absolute Gasteiger partial charge is 0.353 e. The molecule has 1 N–H and O–H groups in total. The molecule has 3 heterocycles. The molecule has 1 aromatic carbocycles. The van der Waals surface area contributed by atoms with Crippen molar-refractivity contribution >= 4 is 40.8 Å².